The van der Waals surface area contributed by atoms with Crippen molar-refractivity contribution in [3.05, 3.63) is 0 Å². The lowest BCUT2D eigenvalue weighted by atomic mass is 10.0. The maximum atomic E-state index is 5.96. The van der Waals surface area contributed by atoms with Crippen molar-refractivity contribution in [3.63, 3.8) is 0 Å². The standard InChI is InChI=1S/C21H46N2/c1-20(2)16-14-12-10-8-6-4-3-5-7-9-11-13-15-17-21(23)18-19-22/h20-21H,3-19,22-23H2,1-2H3. The SMILES string of the molecule is CC(C)CCCCCCCCCCCCCCCC(N)CCN. The van der Waals surface area contributed by atoms with Gasteiger partial charge in [-0.25, -0.2) is 0 Å². The first-order valence-corrected chi connectivity index (χ1v) is 10.6. The Hall–Kier alpha value is -0.0800. The minimum absolute atomic E-state index is 0.338. The molecule has 0 radical (unpaired) electrons. The molecule has 2 heteroatoms. The molecule has 0 bridgehead atoms. The highest BCUT2D eigenvalue weighted by Crippen LogP contribution is 2.14. The van der Waals surface area contributed by atoms with Crippen LogP contribution in [0, 0.1) is 5.92 Å². The molecule has 1 atom stereocenters. The quantitative estimate of drug-likeness (QED) is 0.296. The Balaban J connectivity index is 3.03. The van der Waals surface area contributed by atoms with Crippen molar-refractivity contribution in [1.29, 1.82) is 0 Å². The summed E-state index contributed by atoms with van der Waals surface area (Å²) in [6, 6.07) is 0.338. The smallest absolute Gasteiger partial charge is 0.00508 e. The minimum Gasteiger partial charge on any atom is -0.330 e. The summed E-state index contributed by atoms with van der Waals surface area (Å²) in [7, 11) is 0. The van der Waals surface area contributed by atoms with Gasteiger partial charge < -0.3 is 11.5 Å². The third-order valence-electron chi connectivity index (χ3n) is 4.89. The zero-order valence-electron chi connectivity index (χ0n) is 16.3. The molecule has 0 saturated carbocycles. The molecule has 0 rings (SSSR count). The molecule has 0 aliphatic carbocycles. The van der Waals surface area contributed by atoms with Gasteiger partial charge in [0.25, 0.3) is 0 Å². The zero-order valence-corrected chi connectivity index (χ0v) is 16.3. The van der Waals surface area contributed by atoms with Gasteiger partial charge in [-0.3, -0.25) is 0 Å². The summed E-state index contributed by atoms with van der Waals surface area (Å²) in [4.78, 5) is 0. The molecule has 140 valence electrons. The molecule has 0 heterocycles. The van der Waals surface area contributed by atoms with Crippen molar-refractivity contribution in [2.45, 2.75) is 123 Å². The van der Waals surface area contributed by atoms with E-state index in [1.807, 2.05) is 0 Å². The van der Waals surface area contributed by atoms with Crippen LogP contribution in [-0.4, -0.2) is 12.6 Å². The highest BCUT2D eigenvalue weighted by Gasteiger charge is 2.00. The van der Waals surface area contributed by atoms with E-state index in [0.29, 0.717) is 6.04 Å². The van der Waals surface area contributed by atoms with Crippen LogP contribution in [0.3, 0.4) is 0 Å². The predicted molar refractivity (Wildman–Crippen MR) is 106 cm³/mol. The Kier molecular flexibility index (Phi) is 18.2. The average molecular weight is 327 g/mol. The second kappa shape index (κ2) is 18.3. The summed E-state index contributed by atoms with van der Waals surface area (Å²) in [6.07, 6.45) is 22.1. The Morgan fingerprint density at radius 2 is 0.870 bits per heavy atom. The van der Waals surface area contributed by atoms with Gasteiger partial charge in [0.1, 0.15) is 0 Å². The van der Waals surface area contributed by atoms with E-state index in [1.165, 1.54) is 89.9 Å². The Morgan fingerprint density at radius 1 is 0.522 bits per heavy atom. The fraction of sp³-hybridized carbons (Fsp3) is 1.00. The summed E-state index contributed by atoms with van der Waals surface area (Å²) in [5.41, 5.74) is 11.5. The molecule has 0 saturated heterocycles. The lowest BCUT2D eigenvalue weighted by molar-refractivity contribution is 0.496. The molecule has 4 N–H and O–H groups in total. The third kappa shape index (κ3) is 19.9. The number of hydrogen-bond donors (Lipinski definition) is 2. The highest BCUT2D eigenvalue weighted by atomic mass is 14.6. The molecule has 0 aliphatic rings. The van der Waals surface area contributed by atoms with E-state index in [2.05, 4.69) is 13.8 Å². The van der Waals surface area contributed by atoms with Crippen molar-refractivity contribution < 1.29 is 0 Å². The van der Waals surface area contributed by atoms with Gasteiger partial charge in [0.15, 0.2) is 0 Å². The fourth-order valence-electron chi connectivity index (χ4n) is 3.26. The molecule has 0 aromatic carbocycles. The first-order chi connectivity index (χ1) is 11.2. The van der Waals surface area contributed by atoms with Crippen LogP contribution in [0.5, 0.6) is 0 Å². The molecule has 0 aromatic heterocycles. The van der Waals surface area contributed by atoms with Crippen molar-refractivity contribution in [1.82, 2.24) is 0 Å². The highest BCUT2D eigenvalue weighted by molar-refractivity contribution is 4.61. The lowest BCUT2D eigenvalue weighted by Crippen LogP contribution is -2.23. The van der Waals surface area contributed by atoms with Crippen LogP contribution >= 0.6 is 0 Å². The van der Waals surface area contributed by atoms with Gasteiger partial charge in [-0.2, -0.15) is 0 Å². The van der Waals surface area contributed by atoms with Gasteiger partial charge in [0.05, 0.1) is 0 Å². The van der Waals surface area contributed by atoms with Crippen LogP contribution in [0.4, 0.5) is 0 Å². The largest absolute Gasteiger partial charge is 0.330 e. The summed E-state index contributed by atoms with van der Waals surface area (Å²) in [5.74, 6) is 0.887. The maximum Gasteiger partial charge on any atom is 0.00508 e. The predicted octanol–water partition coefficient (Wildman–Crippen LogP) is 6.17. The van der Waals surface area contributed by atoms with Crippen LogP contribution in [0.25, 0.3) is 0 Å². The molecule has 23 heavy (non-hydrogen) atoms. The van der Waals surface area contributed by atoms with E-state index < -0.39 is 0 Å². The van der Waals surface area contributed by atoms with E-state index in [9.17, 15) is 0 Å². The summed E-state index contributed by atoms with van der Waals surface area (Å²) >= 11 is 0. The van der Waals surface area contributed by atoms with E-state index in [1.54, 1.807) is 0 Å². The minimum atomic E-state index is 0.338. The van der Waals surface area contributed by atoms with Crippen LogP contribution in [0.15, 0.2) is 0 Å². The van der Waals surface area contributed by atoms with Crippen molar-refractivity contribution in [3.8, 4) is 0 Å². The van der Waals surface area contributed by atoms with Crippen LogP contribution in [0.2, 0.25) is 0 Å². The molecular weight excluding hydrogens is 280 g/mol. The summed E-state index contributed by atoms with van der Waals surface area (Å²) in [5, 5.41) is 0. The second-order valence-corrected chi connectivity index (χ2v) is 7.90. The van der Waals surface area contributed by atoms with Gasteiger partial charge in [0.2, 0.25) is 0 Å². The molecule has 0 spiro atoms. The Bertz CT molecular complexity index is 216. The molecular formula is C21H46N2. The monoisotopic (exact) mass is 326 g/mol. The van der Waals surface area contributed by atoms with Crippen molar-refractivity contribution >= 4 is 0 Å². The second-order valence-electron chi connectivity index (χ2n) is 7.90. The Morgan fingerprint density at radius 3 is 1.22 bits per heavy atom. The fourth-order valence-corrected chi connectivity index (χ4v) is 3.26. The molecule has 1 unspecified atom stereocenters. The van der Waals surface area contributed by atoms with Crippen LogP contribution in [-0.2, 0) is 0 Å². The molecule has 0 aliphatic heterocycles. The topological polar surface area (TPSA) is 52.0 Å². The van der Waals surface area contributed by atoms with Gasteiger partial charge in [0, 0.05) is 6.04 Å². The van der Waals surface area contributed by atoms with E-state index in [-0.39, 0.29) is 0 Å². The first-order valence-electron chi connectivity index (χ1n) is 10.6. The third-order valence-corrected chi connectivity index (χ3v) is 4.89. The molecule has 0 amide bonds. The Labute approximate surface area is 147 Å². The number of hydrogen-bond acceptors (Lipinski definition) is 2. The number of unbranched alkanes of at least 4 members (excludes halogenated alkanes) is 12. The normalized spacial score (nSPS) is 12.9. The van der Waals surface area contributed by atoms with Crippen LogP contribution in [0.1, 0.15) is 117 Å². The molecule has 0 fully saturated rings. The lowest BCUT2D eigenvalue weighted by Gasteiger charge is -2.09. The van der Waals surface area contributed by atoms with Crippen molar-refractivity contribution in [2.75, 3.05) is 6.54 Å². The van der Waals surface area contributed by atoms with Crippen molar-refractivity contribution in [2.24, 2.45) is 17.4 Å². The maximum absolute atomic E-state index is 5.96. The summed E-state index contributed by atoms with van der Waals surface area (Å²) < 4.78 is 0. The van der Waals surface area contributed by atoms with Crippen LogP contribution < -0.4 is 11.5 Å². The zero-order chi connectivity index (χ0) is 17.2. The molecule has 0 aromatic rings. The van der Waals surface area contributed by atoms with E-state index in [0.717, 1.165) is 25.3 Å². The van der Waals surface area contributed by atoms with Gasteiger partial charge in [-0.1, -0.05) is 104 Å². The number of nitrogens with two attached hydrogens (primary N) is 2. The number of rotatable bonds is 18. The van der Waals surface area contributed by atoms with Gasteiger partial charge >= 0.3 is 0 Å². The van der Waals surface area contributed by atoms with E-state index in [4.69, 9.17) is 11.5 Å². The summed E-state index contributed by atoms with van der Waals surface area (Å²) in [6.45, 7) is 5.40. The first kappa shape index (κ1) is 22.9. The van der Waals surface area contributed by atoms with E-state index >= 15 is 0 Å². The molecule has 2 nitrogen and oxygen atoms in total. The average Bonchev–Trinajstić information content (AvgIpc) is 2.51. The van der Waals surface area contributed by atoms with Gasteiger partial charge in [-0.05, 0) is 25.3 Å². The van der Waals surface area contributed by atoms with Gasteiger partial charge in [-0.15, -0.1) is 0 Å².